The van der Waals surface area contributed by atoms with Crippen molar-refractivity contribution in [2.75, 3.05) is 32.1 Å². The monoisotopic (exact) mass is 290 g/mol. The molecule has 2 N–H and O–H groups in total. The zero-order valence-electron chi connectivity index (χ0n) is 13.7. The van der Waals surface area contributed by atoms with E-state index in [1.54, 1.807) is 0 Å². The minimum Gasteiger partial charge on any atom is -0.396 e. The average Bonchev–Trinajstić information content (AvgIpc) is 2.53. The maximum Gasteiger partial charge on any atom is 0.0499 e. The minimum atomic E-state index is 0.107. The van der Waals surface area contributed by atoms with E-state index in [0.29, 0.717) is 12.6 Å². The number of rotatable bonds is 6. The van der Waals surface area contributed by atoms with Gasteiger partial charge in [0.25, 0.3) is 0 Å². The second kappa shape index (κ2) is 7.28. The van der Waals surface area contributed by atoms with Crippen LogP contribution >= 0.6 is 0 Å². The van der Waals surface area contributed by atoms with Gasteiger partial charge in [0, 0.05) is 44.4 Å². The fraction of sp³-hybridized carbons (Fsp3) is 0.667. The average molecular weight is 290 g/mol. The molecule has 0 amide bonds. The number of anilines is 1. The van der Waals surface area contributed by atoms with E-state index in [9.17, 15) is 5.11 Å². The Balaban J connectivity index is 1.92. The van der Waals surface area contributed by atoms with E-state index in [-0.39, 0.29) is 5.41 Å². The van der Waals surface area contributed by atoms with Gasteiger partial charge in [0.05, 0.1) is 0 Å². The standard InChI is InChI=1S/C18H30N2O/c1-15(16-7-9-17(10-8-16)20(2)3)19-13-18(14-21)11-5-4-6-12-18/h7-10,15,19,21H,4-6,11-14H2,1-3H3. The first-order valence-corrected chi connectivity index (χ1v) is 8.18. The third kappa shape index (κ3) is 4.21. The highest BCUT2D eigenvalue weighted by molar-refractivity contribution is 5.46. The number of hydrogen-bond acceptors (Lipinski definition) is 3. The molecule has 1 aliphatic carbocycles. The Bertz CT molecular complexity index is 421. The highest BCUT2D eigenvalue weighted by atomic mass is 16.3. The summed E-state index contributed by atoms with van der Waals surface area (Å²) >= 11 is 0. The summed E-state index contributed by atoms with van der Waals surface area (Å²) in [5, 5.41) is 13.4. The Kier molecular flexibility index (Phi) is 5.65. The van der Waals surface area contributed by atoms with Gasteiger partial charge in [-0.1, -0.05) is 31.4 Å². The fourth-order valence-electron chi connectivity index (χ4n) is 3.24. The molecule has 0 aromatic heterocycles. The predicted molar refractivity (Wildman–Crippen MR) is 89.8 cm³/mol. The first-order valence-electron chi connectivity index (χ1n) is 8.18. The van der Waals surface area contributed by atoms with Gasteiger partial charge in [-0.05, 0) is 37.5 Å². The molecular formula is C18H30N2O. The SMILES string of the molecule is CC(NCC1(CO)CCCCC1)c1ccc(N(C)C)cc1. The van der Waals surface area contributed by atoms with Crippen molar-refractivity contribution in [3.63, 3.8) is 0 Å². The van der Waals surface area contributed by atoms with Crippen molar-refractivity contribution < 1.29 is 5.11 Å². The van der Waals surface area contributed by atoms with Crippen LogP contribution in [0.1, 0.15) is 50.6 Å². The molecule has 0 bridgehead atoms. The molecule has 1 fully saturated rings. The summed E-state index contributed by atoms with van der Waals surface area (Å²) in [5.41, 5.74) is 2.64. The third-order valence-corrected chi connectivity index (χ3v) is 4.94. The van der Waals surface area contributed by atoms with E-state index in [0.717, 1.165) is 19.4 Å². The van der Waals surface area contributed by atoms with E-state index in [2.05, 4.69) is 55.5 Å². The summed E-state index contributed by atoms with van der Waals surface area (Å²) in [6.45, 7) is 3.44. The molecule has 0 spiro atoms. The molecule has 0 saturated heterocycles. The first-order chi connectivity index (χ1) is 10.1. The summed E-state index contributed by atoms with van der Waals surface area (Å²) in [4.78, 5) is 2.12. The topological polar surface area (TPSA) is 35.5 Å². The lowest BCUT2D eigenvalue weighted by Gasteiger charge is -2.36. The van der Waals surface area contributed by atoms with Crippen LogP contribution in [-0.4, -0.2) is 32.4 Å². The molecular weight excluding hydrogens is 260 g/mol. The summed E-state index contributed by atoms with van der Waals surface area (Å²) in [6, 6.07) is 9.04. The van der Waals surface area contributed by atoms with Crippen molar-refractivity contribution in [3.05, 3.63) is 29.8 Å². The lowest BCUT2D eigenvalue weighted by atomic mass is 9.74. The summed E-state index contributed by atoms with van der Waals surface area (Å²) in [6.07, 6.45) is 6.15. The van der Waals surface area contributed by atoms with Crippen LogP contribution < -0.4 is 10.2 Å². The molecule has 0 heterocycles. The Labute approximate surface area is 129 Å². The van der Waals surface area contributed by atoms with Gasteiger partial charge in [0.2, 0.25) is 0 Å². The zero-order chi connectivity index (χ0) is 15.3. The van der Waals surface area contributed by atoms with Crippen LogP contribution in [0, 0.1) is 5.41 Å². The highest BCUT2D eigenvalue weighted by Gasteiger charge is 2.31. The molecule has 0 aliphatic heterocycles. The van der Waals surface area contributed by atoms with Crippen LogP contribution in [0.3, 0.4) is 0 Å². The number of aliphatic hydroxyl groups is 1. The van der Waals surface area contributed by atoms with E-state index in [1.807, 2.05) is 0 Å². The summed E-state index contributed by atoms with van der Waals surface area (Å²) < 4.78 is 0. The molecule has 2 rings (SSSR count). The molecule has 3 heteroatoms. The Hall–Kier alpha value is -1.06. The van der Waals surface area contributed by atoms with Crippen LogP contribution in [0.2, 0.25) is 0 Å². The van der Waals surface area contributed by atoms with E-state index in [1.165, 1.54) is 30.5 Å². The quantitative estimate of drug-likeness (QED) is 0.843. The van der Waals surface area contributed by atoms with E-state index in [4.69, 9.17) is 0 Å². The minimum absolute atomic E-state index is 0.107. The molecule has 1 unspecified atom stereocenters. The zero-order valence-corrected chi connectivity index (χ0v) is 13.7. The molecule has 118 valence electrons. The molecule has 1 atom stereocenters. The second-order valence-electron chi connectivity index (χ2n) is 6.81. The summed E-state index contributed by atoms with van der Waals surface area (Å²) in [7, 11) is 4.12. The van der Waals surface area contributed by atoms with Crippen molar-refractivity contribution in [1.82, 2.24) is 5.32 Å². The predicted octanol–water partition coefficient (Wildman–Crippen LogP) is 3.35. The number of nitrogens with one attached hydrogen (secondary N) is 1. The molecule has 1 saturated carbocycles. The fourth-order valence-corrected chi connectivity index (χ4v) is 3.24. The molecule has 1 aliphatic rings. The van der Waals surface area contributed by atoms with E-state index < -0.39 is 0 Å². The molecule has 3 nitrogen and oxygen atoms in total. The first kappa shape index (κ1) is 16.3. The van der Waals surface area contributed by atoms with Gasteiger partial charge in [0.15, 0.2) is 0 Å². The van der Waals surface area contributed by atoms with Crippen molar-refractivity contribution in [2.45, 2.75) is 45.1 Å². The van der Waals surface area contributed by atoms with Gasteiger partial charge >= 0.3 is 0 Å². The molecule has 0 radical (unpaired) electrons. The largest absolute Gasteiger partial charge is 0.396 e. The van der Waals surface area contributed by atoms with Crippen molar-refractivity contribution in [3.8, 4) is 0 Å². The van der Waals surface area contributed by atoms with Gasteiger partial charge in [0.1, 0.15) is 0 Å². The van der Waals surface area contributed by atoms with Gasteiger partial charge in [-0.25, -0.2) is 0 Å². The van der Waals surface area contributed by atoms with Crippen molar-refractivity contribution in [1.29, 1.82) is 0 Å². The number of aliphatic hydroxyl groups excluding tert-OH is 1. The molecule has 1 aromatic carbocycles. The van der Waals surface area contributed by atoms with Crippen LogP contribution in [0.15, 0.2) is 24.3 Å². The third-order valence-electron chi connectivity index (χ3n) is 4.94. The van der Waals surface area contributed by atoms with Gasteiger partial charge in [-0.2, -0.15) is 0 Å². The molecule has 1 aromatic rings. The lowest BCUT2D eigenvalue weighted by Crippen LogP contribution is -2.39. The summed E-state index contributed by atoms with van der Waals surface area (Å²) in [5.74, 6) is 0. The normalized spacial score (nSPS) is 19.2. The molecule has 21 heavy (non-hydrogen) atoms. The van der Waals surface area contributed by atoms with Crippen LogP contribution in [0.5, 0.6) is 0 Å². The van der Waals surface area contributed by atoms with Gasteiger partial charge in [-0.3, -0.25) is 0 Å². The van der Waals surface area contributed by atoms with Crippen molar-refractivity contribution in [2.24, 2.45) is 5.41 Å². The number of hydrogen-bond donors (Lipinski definition) is 2. The Morgan fingerprint density at radius 1 is 1.14 bits per heavy atom. The maximum atomic E-state index is 9.78. The van der Waals surface area contributed by atoms with E-state index >= 15 is 0 Å². The maximum absolute atomic E-state index is 9.78. The van der Waals surface area contributed by atoms with Gasteiger partial charge in [-0.15, -0.1) is 0 Å². The lowest BCUT2D eigenvalue weighted by molar-refractivity contribution is 0.0789. The van der Waals surface area contributed by atoms with Crippen molar-refractivity contribution >= 4 is 5.69 Å². The highest BCUT2D eigenvalue weighted by Crippen LogP contribution is 2.35. The van der Waals surface area contributed by atoms with Crippen LogP contribution in [0.4, 0.5) is 5.69 Å². The Morgan fingerprint density at radius 3 is 2.29 bits per heavy atom. The number of benzene rings is 1. The van der Waals surface area contributed by atoms with Crippen LogP contribution in [0.25, 0.3) is 0 Å². The number of nitrogens with zero attached hydrogens (tertiary/aromatic N) is 1. The Morgan fingerprint density at radius 2 is 1.76 bits per heavy atom. The smallest absolute Gasteiger partial charge is 0.0499 e. The second-order valence-corrected chi connectivity index (χ2v) is 6.81. The van der Waals surface area contributed by atoms with Crippen LogP contribution in [-0.2, 0) is 0 Å². The van der Waals surface area contributed by atoms with Gasteiger partial charge < -0.3 is 15.3 Å².